The maximum Gasteiger partial charge on any atom is 0.311 e. The highest BCUT2D eigenvalue weighted by Gasteiger charge is 2.48. The summed E-state index contributed by atoms with van der Waals surface area (Å²) in [5.41, 5.74) is 1.47. The Balaban J connectivity index is 1.49. The lowest BCUT2D eigenvalue weighted by molar-refractivity contribution is -0.154. The van der Waals surface area contributed by atoms with Gasteiger partial charge in [0.2, 0.25) is 0 Å². The van der Waals surface area contributed by atoms with E-state index in [1.807, 2.05) is 11.4 Å². The van der Waals surface area contributed by atoms with Gasteiger partial charge in [0.05, 0.1) is 35.2 Å². The average molecular weight is 566 g/mol. The third-order valence-electron chi connectivity index (χ3n) is 7.70. The molecule has 3 fully saturated rings. The zero-order chi connectivity index (χ0) is 27.1. The summed E-state index contributed by atoms with van der Waals surface area (Å²) < 4.78 is 23.2. The lowest BCUT2D eigenvalue weighted by atomic mass is 9.61. The molecule has 4 aromatic rings. The van der Waals surface area contributed by atoms with Crippen LogP contribution in [-0.4, -0.2) is 43.1 Å². The van der Waals surface area contributed by atoms with Crippen molar-refractivity contribution in [2.75, 3.05) is 11.9 Å². The van der Waals surface area contributed by atoms with Gasteiger partial charge in [-0.15, -0.1) is 11.3 Å². The molecule has 0 unspecified atom stereocenters. The number of ether oxygens (including phenoxy) is 1. The predicted octanol–water partition coefficient (Wildman–Crippen LogP) is 5.71. The third-order valence-corrected chi connectivity index (χ3v) is 8.76. The number of nitrogens with zero attached hydrogens (tertiary/aromatic N) is 6. The van der Waals surface area contributed by atoms with E-state index in [0.717, 1.165) is 25.7 Å². The van der Waals surface area contributed by atoms with Crippen LogP contribution in [0.5, 0.6) is 0 Å². The maximum absolute atomic E-state index is 16.1. The Labute approximate surface area is 233 Å². The van der Waals surface area contributed by atoms with Crippen LogP contribution < -0.4 is 5.32 Å². The number of hydrogen-bond acceptors (Lipinski definition) is 9. The van der Waals surface area contributed by atoms with E-state index < -0.39 is 5.82 Å². The number of anilines is 1. The van der Waals surface area contributed by atoms with Crippen LogP contribution in [0.3, 0.4) is 0 Å². The van der Waals surface area contributed by atoms with E-state index in [1.54, 1.807) is 23.8 Å². The zero-order valence-corrected chi connectivity index (χ0v) is 22.7. The minimum Gasteiger partial charge on any atom is -0.466 e. The second kappa shape index (κ2) is 10.5. The molecule has 3 aliphatic rings. The highest BCUT2D eigenvalue weighted by molar-refractivity contribution is 7.13. The fraction of sp³-hybridized carbons (Fsp3) is 0.407. The Bertz CT molecular complexity index is 1580. The van der Waals surface area contributed by atoms with Crippen molar-refractivity contribution >= 4 is 45.9 Å². The van der Waals surface area contributed by atoms with E-state index in [2.05, 4.69) is 31.3 Å². The van der Waals surface area contributed by atoms with Gasteiger partial charge in [0, 0.05) is 12.2 Å². The number of nitriles is 1. The van der Waals surface area contributed by atoms with Gasteiger partial charge < -0.3 is 14.6 Å². The van der Waals surface area contributed by atoms with Crippen molar-refractivity contribution in [1.29, 1.82) is 5.26 Å². The van der Waals surface area contributed by atoms with Crippen LogP contribution in [-0.2, 0) is 16.1 Å². The van der Waals surface area contributed by atoms with E-state index in [1.165, 1.54) is 17.5 Å². The fourth-order valence-electron chi connectivity index (χ4n) is 6.02. The summed E-state index contributed by atoms with van der Waals surface area (Å²) in [5, 5.41) is 14.7. The van der Waals surface area contributed by atoms with Gasteiger partial charge in [-0.2, -0.15) is 5.26 Å². The molecule has 2 bridgehead atoms. The Hall–Kier alpha value is -3.62. The average Bonchev–Trinajstić information content (AvgIpc) is 3.59. The van der Waals surface area contributed by atoms with E-state index in [4.69, 9.17) is 16.3 Å². The van der Waals surface area contributed by atoms with E-state index in [0.29, 0.717) is 28.2 Å². The molecule has 7 rings (SSSR count). The molecule has 4 aromatic heterocycles. The monoisotopic (exact) mass is 565 g/mol. The van der Waals surface area contributed by atoms with Gasteiger partial charge in [-0.3, -0.25) is 4.79 Å². The number of rotatable bonds is 7. The molecule has 0 aliphatic heterocycles. The van der Waals surface area contributed by atoms with Crippen LogP contribution in [0.1, 0.15) is 32.6 Å². The summed E-state index contributed by atoms with van der Waals surface area (Å²) in [5.74, 6) is -0.579. The molecule has 0 aromatic carbocycles. The van der Waals surface area contributed by atoms with Crippen molar-refractivity contribution in [3.8, 4) is 28.0 Å². The second-order valence-electron chi connectivity index (χ2n) is 9.85. The fourth-order valence-corrected chi connectivity index (χ4v) is 6.86. The molecule has 9 nitrogen and oxygen atoms in total. The van der Waals surface area contributed by atoms with E-state index >= 15 is 4.39 Å². The Morgan fingerprint density at radius 1 is 1.28 bits per heavy atom. The summed E-state index contributed by atoms with van der Waals surface area (Å²) in [6.07, 6.45) is 6.94. The molecule has 0 amide bonds. The molecular weight excluding hydrogens is 541 g/mol. The highest BCUT2D eigenvalue weighted by atomic mass is 35.5. The number of fused-ring (bicyclic) bond motifs is 4. The first kappa shape index (κ1) is 25.6. The summed E-state index contributed by atoms with van der Waals surface area (Å²) in [6, 6.07) is 5.43. The summed E-state index contributed by atoms with van der Waals surface area (Å²) in [4.78, 5) is 31.7. The number of carbonyl (C=O) groups is 1. The number of thiophene rings is 1. The number of hydrogen-bond donors (Lipinski definition) is 1. The van der Waals surface area contributed by atoms with Gasteiger partial charge in [-0.05, 0) is 55.9 Å². The van der Waals surface area contributed by atoms with Crippen LogP contribution in [0.25, 0.3) is 33.1 Å². The van der Waals surface area contributed by atoms with Crippen LogP contribution >= 0.6 is 22.9 Å². The zero-order valence-electron chi connectivity index (χ0n) is 21.1. The summed E-state index contributed by atoms with van der Waals surface area (Å²) >= 11 is 7.53. The van der Waals surface area contributed by atoms with E-state index in [-0.39, 0.29) is 58.8 Å². The maximum atomic E-state index is 16.1. The van der Waals surface area contributed by atoms with Gasteiger partial charge in [0.15, 0.2) is 23.1 Å². The molecule has 0 saturated heterocycles. The van der Waals surface area contributed by atoms with Crippen molar-refractivity contribution in [1.82, 2.24) is 24.5 Å². The van der Waals surface area contributed by atoms with Crippen molar-refractivity contribution in [2.45, 2.75) is 45.2 Å². The topological polar surface area (TPSA) is 119 Å². The number of carbonyl (C=O) groups excluding carboxylic acids is 1. The molecular formula is C27H25ClFN7O2S. The molecule has 3 saturated carbocycles. The summed E-state index contributed by atoms with van der Waals surface area (Å²) in [7, 11) is 0. The van der Waals surface area contributed by atoms with Crippen molar-refractivity contribution in [3.05, 3.63) is 40.9 Å². The van der Waals surface area contributed by atoms with Crippen molar-refractivity contribution in [2.24, 2.45) is 17.8 Å². The lowest BCUT2D eigenvalue weighted by Crippen LogP contribution is -2.52. The molecule has 12 heteroatoms. The van der Waals surface area contributed by atoms with Crippen molar-refractivity contribution in [3.63, 3.8) is 0 Å². The highest BCUT2D eigenvalue weighted by Crippen LogP contribution is 2.47. The van der Waals surface area contributed by atoms with Crippen LogP contribution in [0.4, 0.5) is 10.2 Å². The van der Waals surface area contributed by atoms with Crippen LogP contribution in [0.2, 0.25) is 5.15 Å². The Kier molecular flexibility index (Phi) is 6.91. The molecule has 3 aliphatic carbocycles. The minimum atomic E-state index is -0.588. The molecule has 4 heterocycles. The normalized spacial score (nSPS) is 22.1. The van der Waals surface area contributed by atoms with Crippen molar-refractivity contribution < 1.29 is 13.9 Å². The van der Waals surface area contributed by atoms with Gasteiger partial charge in [-0.1, -0.05) is 17.7 Å². The Morgan fingerprint density at radius 3 is 2.79 bits per heavy atom. The van der Waals surface area contributed by atoms with Crippen LogP contribution in [0.15, 0.2) is 29.9 Å². The van der Waals surface area contributed by atoms with Gasteiger partial charge in [0.1, 0.15) is 22.9 Å². The first-order valence-electron chi connectivity index (χ1n) is 12.9. The predicted molar refractivity (Wildman–Crippen MR) is 145 cm³/mol. The molecule has 200 valence electrons. The standard InChI is InChI=1S/C27H25ClFN7O2S/c1-2-38-27(37)19-14-5-7-15(8-6-14)21(19)33-25-20(29)23(17-4-3-11-39-17)34-24(35-25)16-13-36(10-9-30)26-22(16)32-18(28)12-31-26/h3-4,11-15,19,21H,2,5-8,10H2,1H3,(H,33,34,35)/t14?,15?,19-,21-/m0/s1. The lowest BCUT2D eigenvalue weighted by Gasteiger charge is -2.47. The molecule has 0 radical (unpaired) electrons. The second-order valence-corrected chi connectivity index (χ2v) is 11.2. The van der Waals surface area contributed by atoms with Gasteiger partial charge in [0.25, 0.3) is 0 Å². The SMILES string of the molecule is CCOC(=O)[C@H]1C2CCC(CC2)[C@@H]1Nc1nc(-c2cn(CC#N)c3ncc(Cl)nc23)nc(-c2cccs2)c1F. The smallest absolute Gasteiger partial charge is 0.311 e. The molecule has 2 atom stereocenters. The first-order valence-corrected chi connectivity index (χ1v) is 14.2. The molecule has 1 N–H and O–H groups in total. The Morgan fingerprint density at radius 2 is 2.08 bits per heavy atom. The first-order chi connectivity index (χ1) is 19.0. The van der Waals surface area contributed by atoms with E-state index in [9.17, 15) is 10.1 Å². The number of esters is 1. The van der Waals surface area contributed by atoms with Gasteiger partial charge >= 0.3 is 5.97 Å². The largest absolute Gasteiger partial charge is 0.466 e. The van der Waals surface area contributed by atoms with Gasteiger partial charge in [-0.25, -0.2) is 24.3 Å². The molecule has 0 spiro atoms. The molecule has 39 heavy (non-hydrogen) atoms. The quantitative estimate of drug-likeness (QED) is 0.283. The minimum absolute atomic E-state index is 0.0198. The summed E-state index contributed by atoms with van der Waals surface area (Å²) in [6.45, 7) is 2.12. The number of aromatic nitrogens is 5. The number of nitrogens with one attached hydrogen (secondary N) is 1. The number of halogens is 2. The third kappa shape index (κ3) is 4.61. The van der Waals surface area contributed by atoms with Crippen LogP contribution in [0, 0.1) is 34.9 Å².